The van der Waals surface area contributed by atoms with Crippen molar-refractivity contribution < 1.29 is 4.39 Å². The summed E-state index contributed by atoms with van der Waals surface area (Å²) in [7, 11) is 0. The maximum absolute atomic E-state index is 14.3. The zero-order valence-corrected chi connectivity index (χ0v) is 11.8. The highest BCUT2D eigenvalue weighted by Crippen LogP contribution is 2.69. The van der Waals surface area contributed by atoms with Crippen molar-refractivity contribution in [1.82, 2.24) is 5.32 Å². The zero-order valence-electron chi connectivity index (χ0n) is 11.0. The molecule has 1 nitrogen and oxygen atoms in total. The van der Waals surface area contributed by atoms with Gasteiger partial charge in [-0.05, 0) is 56.1 Å². The highest BCUT2D eigenvalue weighted by atomic mass is 35.5. The molecular weight excluding hydrogens is 261 g/mol. The van der Waals surface area contributed by atoms with Crippen molar-refractivity contribution in [2.45, 2.75) is 50.0 Å². The maximum atomic E-state index is 14.3. The molecule has 0 amide bonds. The van der Waals surface area contributed by atoms with Crippen LogP contribution >= 0.6 is 11.6 Å². The zero-order chi connectivity index (χ0) is 13.1. The molecule has 0 aliphatic heterocycles. The number of hydrogen-bond donors (Lipinski definition) is 1. The molecular formula is C16H19ClFN. The highest BCUT2D eigenvalue weighted by molar-refractivity contribution is 6.31. The van der Waals surface area contributed by atoms with E-state index in [1.165, 1.54) is 25.7 Å². The second-order valence-electron chi connectivity index (χ2n) is 6.89. The summed E-state index contributed by atoms with van der Waals surface area (Å²) in [5, 5.41) is 4.20. The Labute approximate surface area is 118 Å². The molecule has 0 aromatic heterocycles. The van der Waals surface area contributed by atoms with Gasteiger partial charge in [0.05, 0.1) is 0 Å². The predicted octanol–water partition coefficient (Wildman–Crippen LogP) is 4.04. The van der Waals surface area contributed by atoms with Crippen molar-refractivity contribution >= 4 is 11.6 Å². The molecule has 3 aliphatic carbocycles. The first kappa shape index (κ1) is 12.2. The van der Waals surface area contributed by atoms with Gasteiger partial charge in [0, 0.05) is 28.6 Å². The molecule has 3 saturated carbocycles. The van der Waals surface area contributed by atoms with Crippen molar-refractivity contribution in [3.05, 3.63) is 34.6 Å². The summed E-state index contributed by atoms with van der Waals surface area (Å²) in [6.07, 6.45) is 7.41. The molecule has 3 fully saturated rings. The average molecular weight is 280 g/mol. The van der Waals surface area contributed by atoms with E-state index in [-0.39, 0.29) is 11.2 Å². The minimum Gasteiger partial charge on any atom is -0.313 e. The molecule has 0 saturated heterocycles. The molecule has 0 bridgehead atoms. The van der Waals surface area contributed by atoms with Gasteiger partial charge in [0.15, 0.2) is 0 Å². The van der Waals surface area contributed by atoms with E-state index in [0.717, 1.165) is 24.9 Å². The van der Waals surface area contributed by atoms with Crippen LogP contribution in [0.5, 0.6) is 0 Å². The molecule has 1 spiro atoms. The van der Waals surface area contributed by atoms with Gasteiger partial charge in [-0.1, -0.05) is 17.7 Å². The van der Waals surface area contributed by atoms with Crippen LogP contribution in [0.3, 0.4) is 0 Å². The molecule has 1 aromatic carbocycles. The summed E-state index contributed by atoms with van der Waals surface area (Å²) >= 11 is 6.30. The molecule has 1 aromatic rings. The molecule has 1 N–H and O–H groups in total. The fourth-order valence-corrected chi connectivity index (χ4v) is 4.30. The number of rotatable bonds is 4. The van der Waals surface area contributed by atoms with Crippen LogP contribution in [0.1, 0.15) is 44.1 Å². The Morgan fingerprint density at radius 3 is 2.58 bits per heavy atom. The predicted molar refractivity (Wildman–Crippen MR) is 75.0 cm³/mol. The lowest BCUT2D eigenvalue weighted by Crippen LogP contribution is -2.50. The lowest BCUT2D eigenvalue weighted by Gasteiger charge is -2.50. The van der Waals surface area contributed by atoms with E-state index in [2.05, 4.69) is 5.32 Å². The van der Waals surface area contributed by atoms with Crippen LogP contribution in [0, 0.1) is 11.2 Å². The van der Waals surface area contributed by atoms with Crippen molar-refractivity contribution in [3.63, 3.8) is 0 Å². The number of hydrogen-bond acceptors (Lipinski definition) is 1. The largest absolute Gasteiger partial charge is 0.313 e. The molecule has 19 heavy (non-hydrogen) atoms. The van der Waals surface area contributed by atoms with Crippen molar-refractivity contribution in [1.29, 1.82) is 0 Å². The Balaban J connectivity index is 1.65. The van der Waals surface area contributed by atoms with E-state index in [4.69, 9.17) is 11.6 Å². The summed E-state index contributed by atoms with van der Waals surface area (Å²) in [6.45, 7) is 0.889. The van der Waals surface area contributed by atoms with Gasteiger partial charge in [0.1, 0.15) is 5.82 Å². The van der Waals surface area contributed by atoms with E-state index in [1.54, 1.807) is 12.1 Å². The number of nitrogens with one attached hydrogen (secondary N) is 1. The average Bonchev–Trinajstić information content (AvgIpc) is 3.20. The first-order valence-corrected chi connectivity index (χ1v) is 7.68. The van der Waals surface area contributed by atoms with E-state index >= 15 is 0 Å². The summed E-state index contributed by atoms with van der Waals surface area (Å²) in [5.41, 5.74) is 1.25. The fourth-order valence-electron chi connectivity index (χ4n) is 3.94. The molecule has 4 rings (SSSR count). The second kappa shape index (κ2) is 3.95. The smallest absolute Gasteiger partial charge is 0.128 e. The summed E-state index contributed by atoms with van der Waals surface area (Å²) in [6, 6.07) is 5.75. The molecule has 0 heterocycles. The van der Waals surface area contributed by atoms with Gasteiger partial charge >= 0.3 is 0 Å². The maximum Gasteiger partial charge on any atom is 0.128 e. The second-order valence-corrected chi connectivity index (χ2v) is 7.29. The van der Waals surface area contributed by atoms with Gasteiger partial charge in [-0.3, -0.25) is 0 Å². The van der Waals surface area contributed by atoms with Gasteiger partial charge in [-0.2, -0.15) is 0 Å². The Morgan fingerprint density at radius 2 is 2.00 bits per heavy atom. The van der Waals surface area contributed by atoms with Crippen molar-refractivity contribution in [3.8, 4) is 0 Å². The molecule has 0 atom stereocenters. The lowest BCUT2D eigenvalue weighted by atomic mass is 9.56. The summed E-state index contributed by atoms with van der Waals surface area (Å²) < 4.78 is 14.3. The SMILES string of the molecule is Fc1cccc(Cl)c1C1(CNC2CC2)CC2(CC2)C1. The highest BCUT2D eigenvalue weighted by Gasteiger charge is 2.62. The third kappa shape index (κ3) is 2.00. The molecule has 0 radical (unpaired) electrons. The van der Waals surface area contributed by atoms with Crippen molar-refractivity contribution in [2.75, 3.05) is 6.54 Å². The Hall–Kier alpha value is -0.600. The van der Waals surface area contributed by atoms with Crippen LogP contribution in [0.25, 0.3) is 0 Å². The van der Waals surface area contributed by atoms with Crippen molar-refractivity contribution in [2.24, 2.45) is 5.41 Å². The normalized spacial score (nSPS) is 26.2. The van der Waals surface area contributed by atoms with Crippen LogP contribution in [0.4, 0.5) is 4.39 Å². The van der Waals surface area contributed by atoms with Crippen LogP contribution in [-0.4, -0.2) is 12.6 Å². The summed E-state index contributed by atoms with van der Waals surface area (Å²) in [4.78, 5) is 0. The molecule has 3 aliphatic rings. The molecule has 3 heteroatoms. The third-order valence-electron chi connectivity index (χ3n) is 5.18. The Bertz CT molecular complexity index is 491. The van der Waals surface area contributed by atoms with E-state index in [9.17, 15) is 4.39 Å². The fraction of sp³-hybridized carbons (Fsp3) is 0.625. The van der Waals surface area contributed by atoms with E-state index in [0.29, 0.717) is 16.5 Å². The van der Waals surface area contributed by atoms with Gasteiger partial charge in [0.25, 0.3) is 0 Å². The van der Waals surface area contributed by atoms with Crippen LogP contribution < -0.4 is 5.32 Å². The standard InChI is InChI=1S/C16H19ClFN/c17-12-2-1-3-13(18)14(12)16(10-19-11-4-5-11)8-15(9-16)6-7-15/h1-3,11,19H,4-10H2. The first-order chi connectivity index (χ1) is 9.13. The van der Waals surface area contributed by atoms with Crippen LogP contribution in [-0.2, 0) is 5.41 Å². The Kier molecular flexibility index (Phi) is 2.53. The topological polar surface area (TPSA) is 12.0 Å². The van der Waals surface area contributed by atoms with Gasteiger partial charge < -0.3 is 5.32 Å². The minimum absolute atomic E-state index is 0.0541. The quantitative estimate of drug-likeness (QED) is 0.877. The third-order valence-corrected chi connectivity index (χ3v) is 5.50. The van der Waals surface area contributed by atoms with E-state index in [1.807, 2.05) is 6.07 Å². The monoisotopic (exact) mass is 279 g/mol. The lowest BCUT2D eigenvalue weighted by molar-refractivity contribution is 0.112. The van der Waals surface area contributed by atoms with Gasteiger partial charge in [-0.15, -0.1) is 0 Å². The minimum atomic E-state index is -0.124. The number of halogens is 2. The number of benzene rings is 1. The summed E-state index contributed by atoms with van der Waals surface area (Å²) in [5.74, 6) is -0.124. The Morgan fingerprint density at radius 1 is 1.26 bits per heavy atom. The molecule has 0 unspecified atom stereocenters. The molecule has 102 valence electrons. The van der Waals surface area contributed by atoms with Gasteiger partial charge in [0.2, 0.25) is 0 Å². The van der Waals surface area contributed by atoms with Crippen LogP contribution in [0.15, 0.2) is 18.2 Å². The van der Waals surface area contributed by atoms with Gasteiger partial charge in [-0.25, -0.2) is 4.39 Å². The van der Waals surface area contributed by atoms with E-state index < -0.39 is 0 Å². The van der Waals surface area contributed by atoms with Crippen LogP contribution in [0.2, 0.25) is 5.02 Å². The first-order valence-electron chi connectivity index (χ1n) is 7.31.